The number of carbonyl (C=O) groups excluding carboxylic acids is 1. The van der Waals surface area contributed by atoms with Crippen molar-refractivity contribution in [3.05, 3.63) is 11.6 Å². The molecule has 2 aliphatic carbocycles. The van der Waals surface area contributed by atoms with E-state index in [9.17, 15) is 10.1 Å². The van der Waals surface area contributed by atoms with E-state index in [-0.39, 0.29) is 6.03 Å². The second-order valence-electron chi connectivity index (χ2n) is 8.06. The van der Waals surface area contributed by atoms with Crippen molar-refractivity contribution in [2.24, 2.45) is 0 Å². The van der Waals surface area contributed by atoms with Crippen LogP contribution in [0, 0.1) is 11.3 Å². The smallest absolute Gasteiger partial charge is 0.317 e. The van der Waals surface area contributed by atoms with Gasteiger partial charge in [-0.05, 0) is 25.7 Å². The van der Waals surface area contributed by atoms with E-state index in [0.717, 1.165) is 25.7 Å². The molecule has 0 atom stereocenters. The highest BCUT2D eigenvalue weighted by atomic mass is 16.4. The Morgan fingerprint density at radius 3 is 2.33 bits per heavy atom. The maximum atomic E-state index is 12.6. The van der Waals surface area contributed by atoms with Crippen LogP contribution in [0.5, 0.6) is 0 Å². The van der Waals surface area contributed by atoms with Crippen LogP contribution in [0.3, 0.4) is 0 Å². The number of aromatic nitrogens is 1. The van der Waals surface area contributed by atoms with Gasteiger partial charge in [-0.15, -0.1) is 0 Å². The number of hydrogen-bond donors (Lipinski definition) is 1. The molecule has 146 valence electrons. The van der Waals surface area contributed by atoms with Crippen molar-refractivity contribution in [3.63, 3.8) is 0 Å². The van der Waals surface area contributed by atoms with E-state index in [4.69, 9.17) is 4.42 Å². The first kappa shape index (κ1) is 18.1. The second-order valence-corrected chi connectivity index (χ2v) is 8.06. The molecule has 0 aromatic carbocycles. The van der Waals surface area contributed by atoms with Crippen molar-refractivity contribution >= 4 is 11.9 Å². The van der Waals surface area contributed by atoms with E-state index in [2.05, 4.69) is 21.3 Å². The van der Waals surface area contributed by atoms with Crippen LogP contribution in [0.1, 0.15) is 75.3 Å². The number of nitrogens with one attached hydrogen (secondary N) is 1. The fourth-order valence-corrected chi connectivity index (χ4v) is 4.10. The van der Waals surface area contributed by atoms with Gasteiger partial charge in [-0.1, -0.05) is 32.1 Å². The molecule has 0 bridgehead atoms. The lowest BCUT2D eigenvalue weighted by Crippen LogP contribution is -2.53. The molecular weight excluding hydrogens is 342 g/mol. The number of urea groups is 1. The molecule has 2 saturated carbocycles. The van der Waals surface area contributed by atoms with Crippen LogP contribution in [0.4, 0.5) is 10.7 Å². The molecule has 3 aliphatic rings. The van der Waals surface area contributed by atoms with Crippen LogP contribution in [-0.4, -0.2) is 48.1 Å². The van der Waals surface area contributed by atoms with Crippen molar-refractivity contribution in [1.82, 2.24) is 15.2 Å². The third-order valence-electron chi connectivity index (χ3n) is 5.95. The molecule has 27 heavy (non-hydrogen) atoms. The molecule has 7 nitrogen and oxygen atoms in total. The molecule has 1 N–H and O–H groups in total. The molecule has 2 heterocycles. The molecule has 1 aromatic rings. The summed E-state index contributed by atoms with van der Waals surface area (Å²) in [7, 11) is 0. The van der Waals surface area contributed by atoms with E-state index < -0.39 is 0 Å². The summed E-state index contributed by atoms with van der Waals surface area (Å²) in [4.78, 5) is 20.9. The molecule has 1 saturated heterocycles. The molecule has 4 rings (SSSR count). The first-order chi connectivity index (χ1) is 13.2. The number of nitriles is 1. The van der Waals surface area contributed by atoms with Crippen molar-refractivity contribution in [1.29, 1.82) is 5.26 Å². The second kappa shape index (κ2) is 8.20. The standard InChI is InChI=1S/C20H29N5O2/c21-14-17-19(27-18(23-17)15-8-9-15)24-10-12-25(13-11-24)20(26)22-16-6-4-2-1-3-5-7-16/h15-16H,1-13H2,(H,22,26). The lowest BCUT2D eigenvalue weighted by atomic mass is 9.97. The summed E-state index contributed by atoms with van der Waals surface area (Å²) >= 11 is 0. The van der Waals surface area contributed by atoms with Gasteiger partial charge in [0.15, 0.2) is 0 Å². The summed E-state index contributed by atoms with van der Waals surface area (Å²) in [5, 5.41) is 12.6. The number of anilines is 1. The molecule has 3 fully saturated rings. The van der Waals surface area contributed by atoms with Gasteiger partial charge in [0.1, 0.15) is 6.07 Å². The minimum Gasteiger partial charge on any atom is -0.423 e. The highest BCUT2D eigenvalue weighted by molar-refractivity contribution is 5.75. The van der Waals surface area contributed by atoms with Crippen LogP contribution in [0.15, 0.2) is 4.42 Å². The van der Waals surface area contributed by atoms with Crippen LogP contribution in [0.25, 0.3) is 0 Å². The van der Waals surface area contributed by atoms with Gasteiger partial charge < -0.3 is 19.5 Å². The Bertz CT molecular complexity index is 690. The zero-order valence-electron chi connectivity index (χ0n) is 16.0. The Morgan fingerprint density at radius 2 is 1.70 bits per heavy atom. The number of rotatable bonds is 3. The van der Waals surface area contributed by atoms with Crippen molar-refractivity contribution in [3.8, 4) is 6.07 Å². The van der Waals surface area contributed by atoms with Gasteiger partial charge in [0.25, 0.3) is 0 Å². The largest absolute Gasteiger partial charge is 0.423 e. The molecule has 1 aliphatic heterocycles. The van der Waals surface area contributed by atoms with E-state index in [1.54, 1.807) is 0 Å². The third kappa shape index (κ3) is 4.37. The van der Waals surface area contributed by atoms with Gasteiger partial charge in [-0.25, -0.2) is 9.78 Å². The SMILES string of the molecule is N#Cc1nc(C2CC2)oc1N1CCN(C(=O)NC2CCCCCCC2)CC1. The third-order valence-corrected chi connectivity index (χ3v) is 5.95. The van der Waals surface area contributed by atoms with Gasteiger partial charge in [-0.2, -0.15) is 5.26 Å². The monoisotopic (exact) mass is 371 g/mol. The van der Waals surface area contributed by atoms with Gasteiger partial charge in [0.2, 0.25) is 17.5 Å². The quantitative estimate of drug-likeness (QED) is 0.880. The highest BCUT2D eigenvalue weighted by Gasteiger charge is 2.33. The first-order valence-electron chi connectivity index (χ1n) is 10.5. The van der Waals surface area contributed by atoms with Gasteiger partial charge in [0.05, 0.1) is 0 Å². The van der Waals surface area contributed by atoms with Crippen LogP contribution >= 0.6 is 0 Å². The molecule has 2 amide bonds. The first-order valence-corrected chi connectivity index (χ1v) is 10.5. The average Bonchev–Trinajstić information content (AvgIpc) is 3.43. The summed E-state index contributed by atoms with van der Waals surface area (Å²) in [6.07, 6.45) is 10.7. The normalized spacial score (nSPS) is 22.0. The molecule has 7 heteroatoms. The van der Waals surface area contributed by atoms with E-state index in [1.807, 2.05) is 4.90 Å². The minimum absolute atomic E-state index is 0.0527. The van der Waals surface area contributed by atoms with Crippen LogP contribution < -0.4 is 10.2 Å². The Balaban J connectivity index is 1.30. The zero-order valence-corrected chi connectivity index (χ0v) is 16.0. The fraction of sp³-hybridized carbons (Fsp3) is 0.750. The summed E-state index contributed by atoms with van der Waals surface area (Å²) in [6, 6.07) is 2.52. The molecule has 0 unspecified atom stereocenters. The lowest BCUT2D eigenvalue weighted by molar-refractivity contribution is 0.187. The summed E-state index contributed by atoms with van der Waals surface area (Å²) in [5.74, 6) is 1.67. The van der Waals surface area contributed by atoms with Gasteiger partial charge >= 0.3 is 6.03 Å². The van der Waals surface area contributed by atoms with E-state index >= 15 is 0 Å². The maximum Gasteiger partial charge on any atom is 0.317 e. The number of hydrogen-bond acceptors (Lipinski definition) is 5. The summed E-state index contributed by atoms with van der Waals surface area (Å²) < 4.78 is 5.89. The van der Waals surface area contributed by atoms with Crippen LogP contribution in [-0.2, 0) is 0 Å². The Kier molecular flexibility index (Phi) is 5.51. The van der Waals surface area contributed by atoms with E-state index in [0.29, 0.717) is 55.6 Å². The minimum atomic E-state index is 0.0527. The zero-order chi connectivity index (χ0) is 18.6. The summed E-state index contributed by atoms with van der Waals surface area (Å²) in [6.45, 7) is 2.63. The number of carbonyl (C=O) groups is 1. The molecular formula is C20H29N5O2. The van der Waals surface area contributed by atoms with Crippen LogP contribution in [0.2, 0.25) is 0 Å². The molecule has 0 spiro atoms. The highest BCUT2D eigenvalue weighted by Crippen LogP contribution is 2.41. The topological polar surface area (TPSA) is 85.4 Å². The molecule has 1 aromatic heterocycles. The predicted molar refractivity (Wildman–Crippen MR) is 102 cm³/mol. The number of oxazole rings is 1. The fourth-order valence-electron chi connectivity index (χ4n) is 4.10. The average molecular weight is 371 g/mol. The Morgan fingerprint density at radius 1 is 1.04 bits per heavy atom. The number of nitrogens with zero attached hydrogens (tertiary/aromatic N) is 4. The Hall–Kier alpha value is -2.23. The Labute approximate surface area is 160 Å². The number of amides is 2. The van der Waals surface area contributed by atoms with E-state index in [1.165, 1.54) is 32.1 Å². The molecule has 0 radical (unpaired) electrons. The predicted octanol–water partition coefficient (Wildman–Crippen LogP) is 3.37. The summed E-state index contributed by atoms with van der Waals surface area (Å²) in [5.41, 5.74) is 0.379. The van der Waals surface area contributed by atoms with Gasteiger partial charge in [0, 0.05) is 38.1 Å². The number of piperazine rings is 1. The van der Waals surface area contributed by atoms with Crippen molar-refractivity contribution < 1.29 is 9.21 Å². The van der Waals surface area contributed by atoms with Crippen molar-refractivity contribution in [2.75, 3.05) is 31.1 Å². The van der Waals surface area contributed by atoms with Gasteiger partial charge in [-0.3, -0.25) is 0 Å². The maximum absolute atomic E-state index is 12.6. The van der Waals surface area contributed by atoms with Crippen molar-refractivity contribution in [2.45, 2.75) is 69.7 Å². The lowest BCUT2D eigenvalue weighted by Gasteiger charge is -2.35.